The van der Waals surface area contributed by atoms with Gasteiger partial charge < -0.3 is 14.7 Å². The molecule has 0 radical (unpaired) electrons. The first kappa shape index (κ1) is 17.2. The van der Waals surface area contributed by atoms with E-state index >= 15 is 0 Å². The van der Waals surface area contributed by atoms with E-state index in [1.54, 1.807) is 11.8 Å². The lowest BCUT2D eigenvalue weighted by molar-refractivity contribution is 0.00765. The summed E-state index contributed by atoms with van der Waals surface area (Å²) in [6.07, 6.45) is 1.78. The van der Waals surface area contributed by atoms with E-state index in [1.165, 1.54) is 4.88 Å². The molecule has 0 spiro atoms. The summed E-state index contributed by atoms with van der Waals surface area (Å²) in [6, 6.07) is 4.74. The van der Waals surface area contributed by atoms with Crippen LogP contribution in [-0.2, 0) is 4.74 Å². The van der Waals surface area contributed by atoms with Crippen LogP contribution >= 0.6 is 23.1 Å². The zero-order valence-corrected chi connectivity index (χ0v) is 14.5. The van der Waals surface area contributed by atoms with Crippen LogP contribution in [0.1, 0.15) is 10.9 Å². The van der Waals surface area contributed by atoms with E-state index in [0.717, 1.165) is 45.1 Å². The minimum atomic E-state index is -0.251. The molecule has 1 aromatic rings. The third kappa shape index (κ3) is 5.54. The van der Waals surface area contributed by atoms with Gasteiger partial charge in [-0.1, -0.05) is 6.07 Å². The van der Waals surface area contributed by atoms with Gasteiger partial charge >= 0.3 is 0 Å². The Kier molecular flexibility index (Phi) is 7.49. The first-order valence-electron chi connectivity index (χ1n) is 7.41. The fraction of sp³-hybridized carbons (Fsp3) is 0.733. The highest BCUT2D eigenvalue weighted by Crippen LogP contribution is 2.26. The topological polar surface area (TPSA) is 35.9 Å². The number of thioether (sulfide) groups is 1. The minimum absolute atomic E-state index is 0.251. The number of ether oxygens (including phenoxy) is 1. The molecule has 4 nitrogen and oxygen atoms in total. The molecule has 21 heavy (non-hydrogen) atoms. The Labute approximate surface area is 136 Å². The van der Waals surface area contributed by atoms with Crippen LogP contribution in [0.25, 0.3) is 0 Å². The van der Waals surface area contributed by atoms with Crippen LogP contribution in [0.15, 0.2) is 17.5 Å². The van der Waals surface area contributed by atoms with Crippen LogP contribution in [0.3, 0.4) is 0 Å². The lowest BCUT2D eigenvalue weighted by atomic mass is 10.1. The smallest absolute Gasteiger partial charge is 0.0757 e. The Morgan fingerprint density at radius 2 is 2.19 bits per heavy atom. The molecule has 2 atom stereocenters. The molecule has 1 aliphatic heterocycles. The summed E-state index contributed by atoms with van der Waals surface area (Å²) in [4.78, 5) is 6.16. The highest BCUT2D eigenvalue weighted by Gasteiger charge is 2.25. The molecule has 1 aliphatic rings. The van der Waals surface area contributed by atoms with E-state index in [4.69, 9.17) is 4.74 Å². The van der Waals surface area contributed by atoms with E-state index < -0.39 is 0 Å². The fourth-order valence-corrected chi connectivity index (χ4v) is 4.07. The number of likely N-dealkylation sites (N-methyl/N-ethyl adjacent to an activating group) is 1. The summed E-state index contributed by atoms with van der Waals surface area (Å²) in [5, 5.41) is 12.1. The third-order valence-electron chi connectivity index (χ3n) is 3.72. The Hall–Kier alpha value is -0.110. The van der Waals surface area contributed by atoms with Crippen LogP contribution in [0.2, 0.25) is 0 Å². The van der Waals surface area contributed by atoms with Crippen LogP contribution in [0.4, 0.5) is 0 Å². The van der Waals surface area contributed by atoms with Gasteiger partial charge in [0.2, 0.25) is 0 Å². The van der Waals surface area contributed by atoms with Crippen LogP contribution in [0.5, 0.6) is 0 Å². The molecule has 1 fully saturated rings. The molecule has 0 amide bonds. The summed E-state index contributed by atoms with van der Waals surface area (Å²) in [7, 11) is 2.10. The van der Waals surface area contributed by atoms with Gasteiger partial charge in [0, 0.05) is 36.8 Å². The summed E-state index contributed by atoms with van der Waals surface area (Å²) < 4.78 is 5.47. The van der Waals surface area contributed by atoms with Gasteiger partial charge in [-0.3, -0.25) is 4.90 Å². The zero-order valence-electron chi connectivity index (χ0n) is 12.9. The molecule has 1 saturated heterocycles. The maximum Gasteiger partial charge on any atom is 0.0757 e. The van der Waals surface area contributed by atoms with Crippen molar-refractivity contribution in [2.75, 3.05) is 58.4 Å². The second-order valence-corrected chi connectivity index (χ2v) is 7.40. The number of nitrogens with zero attached hydrogens (tertiary/aromatic N) is 2. The Bertz CT molecular complexity index is 383. The molecule has 0 bridgehead atoms. The standard InChI is InChI=1S/C15H26N2O2S2/c1-16(10-13(18)12-20-2)11-14(15-4-3-9-21-15)17-5-7-19-8-6-17/h3-4,9,13-14,18H,5-8,10-12H2,1-2H3/t13-,14+/m1/s1. The summed E-state index contributed by atoms with van der Waals surface area (Å²) in [5.41, 5.74) is 0. The maximum absolute atomic E-state index is 9.98. The predicted octanol–water partition coefficient (Wildman–Crippen LogP) is 1.78. The molecule has 6 heteroatoms. The van der Waals surface area contributed by atoms with Crippen LogP contribution < -0.4 is 0 Å². The number of rotatable bonds is 8. The van der Waals surface area contributed by atoms with Gasteiger partial charge in [0.05, 0.1) is 25.4 Å². The Morgan fingerprint density at radius 3 is 2.81 bits per heavy atom. The number of thiophene rings is 1. The number of morpholine rings is 1. The Morgan fingerprint density at radius 1 is 1.43 bits per heavy atom. The van der Waals surface area contributed by atoms with E-state index in [0.29, 0.717) is 6.04 Å². The van der Waals surface area contributed by atoms with E-state index in [-0.39, 0.29) is 6.10 Å². The van der Waals surface area contributed by atoms with Gasteiger partial charge in [0.1, 0.15) is 0 Å². The minimum Gasteiger partial charge on any atom is -0.391 e. The molecular weight excluding hydrogens is 304 g/mol. The molecule has 120 valence electrons. The molecule has 2 rings (SSSR count). The van der Waals surface area contributed by atoms with Gasteiger partial charge in [-0.05, 0) is 24.7 Å². The van der Waals surface area contributed by atoms with Crippen molar-refractivity contribution in [1.29, 1.82) is 0 Å². The fourth-order valence-electron chi connectivity index (χ4n) is 2.73. The lowest BCUT2D eigenvalue weighted by Crippen LogP contribution is -2.44. The SMILES string of the molecule is CSC[C@H](O)CN(C)C[C@@H](c1cccs1)N1CCOCC1. The van der Waals surface area contributed by atoms with E-state index in [1.807, 2.05) is 17.6 Å². The monoisotopic (exact) mass is 330 g/mol. The molecule has 0 saturated carbocycles. The number of aliphatic hydroxyl groups excluding tert-OH is 1. The van der Waals surface area contributed by atoms with E-state index in [2.05, 4.69) is 34.4 Å². The number of hydrogen-bond acceptors (Lipinski definition) is 6. The lowest BCUT2D eigenvalue weighted by Gasteiger charge is -2.36. The first-order chi connectivity index (χ1) is 10.2. The van der Waals surface area contributed by atoms with Crippen molar-refractivity contribution in [2.24, 2.45) is 0 Å². The van der Waals surface area contributed by atoms with Crippen LogP contribution in [0, 0.1) is 0 Å². The second-order valence-electron chi connectivity index (χ2n) is 5.51. The van der Waals surface area contributed by atoms with Crippen molar-refractivity contribution in [2.45, 2.75) is 12.1 Å². The normalized spacial score (nSPS) is 19.8. The number of aliphatic hydroxyl groups is 1. The second kappa shape index (κ2) is 9.12. The number of hydrogen-bond donors (Lipinski definition) is 1. The van der Waals surface area contributed by atoms with Gasteiger partial charge in [0.25, 0.3) is 0 Å². The first-order valence-corrected chi connectivity index (χ1v) is 9.68. The predicted molar refractivity (Wildman–Crippen MR) is 91.3 cm³/mol. The van der Waals surface area contributed by atoms with Gasteiger partial charge in [0.15, 0.2) is 0 Å². The van der Waals surface area contributed by atoms with Crippen molar-refractivity contribution in [3.63, 3.8) is 0 Å². The van der Waals surface area contributed by atoms with Crippen molar-refractivity contribution >= 4 is 23.1 Å². The van der Waals surface area contributed by atoms with Gasteiger partial charge in [-0.2, -0.15) is 11.8 Å². The average Bonchev–Trinajstić information content (AvgIpc) is 3.00. The Balaban J connectivity index is 1.95. The summed E-state index contributed by atoms with van der Waals surface area (Å²) in [5.74, 6) is 0.797. The van der Waals surface area contributed by atoms with E-state index in [9.17, 15) is 5.11 Å². The van der Waals surface area contributed by atoms with Crippen molar-refractivity contribution in [1.82, 2.24) is 9.80 Å². The average molecular weight is 331 g/mol. The molecule has 0 aliphatic carbocycles. The van der Waals surface area contributed by atoms with Crippen molar-refractivity contribution in [3.05, 3.63) is 22.4 Å². The molecule has 1 aromatic heterocycles. The summed E-state index contributed by atoms with van der Waals surface area (Å²) in [6.45, 7) is 5.30. The molecule has 1 N–H and O–H groups in total. The van der Waals surface area contributed by atoms with Crippen molar-refractivity contribution in [3.8, 4) is 0 Å². The largest absolute Gasteiger partial charge is 0.391 e. The quantitative estimate of drug-likeness (QED) is 0.786. The molecular formula is C15H26N2O2S2. The maximum atomic E-state index is 9.98. The zero-order chi connectivity index (χ0) is 15.1. The highest BCUT2D eigenvalue weighted by molar-refractivity contribution is 7.98. The molecule has 0 aromatic carbocycles. The van der Waals surface area contributed by atoms with Crippen LogP contribution in [-0.4, -0.2) is 79.5 Å². The molecule has 2 heterocycles. The highest BCUT2D eigenvalue weighted by atomic mass is 32.2. The molecule has 0 unspecified atom stereocenters. The third-order valence-corrected chi connectivity index (χ3v) is 5.42. The van der Waals surface area contributed by atoms with Crippen molar-refractivity contribution < 1.29 is 9.84 Å². The summed E-state index contributed by atoms with van der Waals surface area (Å²) >= 11 is 3.51. The van der Waals surface area contributed by atoms with Gasteiger partial charge in [-0.25, -0.2) is 0 Å². The van der Waals surface area contributed by atoms with Gasteiger partial charge in [-0.15, -0.1) is 11.3 Å².